The molecule has 2 aromatic heterocycles. The SMILES string of the molecule is COc1ccc(S(=O)(=O)Nc2cnc(N3CC[C@H](c4ccccc4)C3)c3ccccc23)cc1.Cc1ccc(S(=O)(=O)Cl)cc1.Nc1cnc(N2CC[C@H](c3ccccc3)C2)c2ccccc12. The maximum Gasteiger partial charge on any atom is 0.261 e. The summed E-state index contributed by atoms with van der Waals surface area (Å²) in [7, 11) is -0.685. The summed E-state index contributed by atoms with van der Waals surface area (Å²) in [6.07, 6.45) is 5.64. The highest BCUT2D eigenvalue weighted by Crippen LogP contribution is 2.37. The van der Waals surface area contributed by atoms with E-state index in [1.807, 2.05) is 43.3 Å². The number of aromatic nitrogens is 2. The normalized spacial score (nSPS) is 16.0. The van der Waals surface area contributed by atoms with Crippen molar-refractivity contribution >= 4 is 74.3 Å². The number of benzene rings is 6. The van der Waals surface area contributed by atoms with Gasteiger partial charge in [0, 0.05) is 70.2 Å². The van der Waals surface area contributed by atoms with Gasteiger partial charge in [0.2, 0.25) is 0 Å². The number of rotatable bonds is 9. The minimum Gasteiger partial charge on any atom is -0.497 e. The summed E-state index contributed by atoms with van der Waals surface area (Å²) in [6.45, 7) is 5.74. The molecule has 0 bridgehead atoms. The molecular formula is C52H51ClN6O5S2. The van der Waals surface area contributed by atoms with Crippen LogP contribution in [0, 0.1) is 6.92 Å². The molecule has 0 unspecified atom stereocenters. The molecule has 14 heteroatoms. The van der Waals surface area contributed by atoms with Crippen LogP contribution in [0.1, 0.15) is 41.4 Å². The Labute approximate surface area is 391 Å². The number of pyridine rings is 2. The maximum absolute atomic E-state index is 13.0. The standard InChI is InChI=1S/C26H25N3O3S.C19H19N3.C7H7ClO2S/c1-32-21-11-13-22(14-12-21)33(30,31)28-25-17-27-26(24-10-6-5-9-23(24)25)29-16-15-20(18-29)19-7-3-2-4-8-19;20-18-12-21-19(17-9-5-4-8-16(17)18)22-11-10-15(13-22)14-6-2-1-3-7-14;1-6-2-4-7(5-3-6)11(8,9)10/h2-14,17,20,28H,15-16,18H2,1H3;1-9,12,15H,10-11,13,20H2;2-5H,1H3/t20-;15-;/m00./s1. The summed E-state index contributed by atoms with van der Waals surface area (Å²) in [4.78, 5) is 14.3. The maximum atomic E-state index is 13.0. The number of nitrogens with one attached hydrogen (secondary N) is 1. The summed E-state index contributed by atoms with van der Waals surface area (Å²) in [5.41, 5.74) is 11.0. The first-order chi connectivity index (χ1) is 31.9. The van der Waals surface area contributed by atoms with E-state index in [0.717, 1.165) is 77.0 Å². The molecule has 338 valence electrons. The molecule has 3 N–H and O–H groups in total. The average molecular weight is 940 g/mol. The average Bonchev–Trinajstić information content (AvgIpc) is 4.05. The number of nitrogen functional groups attached to an aromatic ring is 1. The molecule has 4 heterocycles. The molecule has 2 aliphatic heterocycles. The number of sulfonamides is 1. The molecule has 6 aromatic carbocycles. The van der Waals surface area contributed by atoms with Crippen LogP contribution in [-0.4, -0.2) is 60.1 Å². The van der Waals surface area contributed by atoms with Gasteiger partial charge in [-0.3, -0.25) is 4.72 Å². The third kappa shape index (κ3) is 10.7. The largest absolute Gasteiger partial charge is 0.497 e. The van der Waals surface area contributed by atoms with Gasteiger partial charge in [0.25, 0.3) is 19.1 Å². The van der Waals surface area contributed by atoms with Crippen molar-refractivity contribution in [1.82, 2.24) is 9.97 Å². The summed E-state index contributed by atoms with van der Waals surface area (Å²) in [5.74, 6) is 3.59. The molecule has 0 aliphatic carbocycles. The van der Waals surface area contributed by atoms with E-state index < -0.39 is 19.1 Å². The lowest BCUT2D eigenvalue weighted by Gasteiger charge is -2.21. The number of hydrogen-bond acceptors (Lipinski definition) is 10. The lowest BCUT2D eigenvalue weighted by molar-refractivity contribution is 0.414. The highest BCUT2D eigenvalue weighted by molar-refractivity contribution is 8.13. The molecule has 10 rings (SSSR count). The Morgan fingerprint density at radius 1 is 0.591 bits per heavy atom. The predicted molar refractivity (Wildman–Crippen MR) is 268 cm³/mol. The minimum atomic E-state index is -3.77. The molecule has 0 radical (unpaired) electrons. The molecule has 2 aliphatic rings. The van der Waals surface area contributed by atoms with E-state index in [4.69, 9.17) is 26.1 Å². The first-order valence-corrected chi connectivity index (χ1v) is 25.5. The van der Waals surface area contributed by atoms with Gasteiger partial charge in [-0.2, -0.15) is 0 Å². The lowest BCUT2D eigenvalue weighted by Crippen LogP contribution is -2.21. The fourth-order valence-electron chi connectivity index (χ4n) is 8.52. The Bertz CT molecular complexity index is 3150. The van der Waals surface area contributed by atoms with E-state index in [-0.39, 0.29) is 9.79 Å². The van der Waals surface area contributed by atoms with E-state index in [2.05, 4.69) is 92.3 Å². The molecule has 11 nitrogen and oxygen atoms in total. The van der Waals surface area contributed by atoms with Gasteiger partial charge >= 0.3 is 0 Å². The van der Waals surface area contributed by atoms with Gasteiger partial charge in [-0.1, -0.05) is 127 Å². The topological polar surface area (TPSA) is 148 Å². The fourth-order valence-corrected chi connectivity index (χ4v) is 10.4. The van der Waals surface area contributed by atoms with Crippen LogP contribution >= 0.6 is 10.7 Å². The van der Waals surface area contributed by atoms with E-state index in [0.29, 0.717) is 23.3 Å². The van der Waals surface area contributed by atoms with E-state index in [9.17, 15) is 16.8 Å². The molecule has 66 heavy (non-hydrogen) atoms. The first-order valence-electron chi connectivity index (χ1n) is 21.7. The van der Waals surface area contributed by atoms with Crippen molar-refractivity contribution in [2.24, 2.45) is 0 Å². The first kappa shape index (κ1) is 45.9. The Morgan fingerprint density at radius 2 is 1.05 bits per heavy atom. The number of nitrogens with two attached hydrogens (primary N) is 1. The highest BCUT2D eigenvalue weighted by Gasteiger charge is 2.28. The van der Waals surface area contributed by atoms with Crippen LogP contribution < -0.4 is 25.0 Å². The van der Waals surface area contributed by atoms with E-state index in [1.165, 1.54) is 41.8 Å². The molecular weight excluding hydrogens is 888 g/mol. The van der Waals surface area contributed by atoms with E-state index in [1.54, 1.807) is 43.8 Å². The van der Waals surface area contributed by atoms with Crippen LogP contribution in [0.15, 0.2) is 180 Å². The Hall–Kier alpha value is -6.67. The third-order valence-corrected chi connectivity index (χ3v) is 14.8. The van der Waals surface area contributed by atoms with Crippen molar-refractivity contribution in [2.75, 3.05) is 53.5 Å². The predicted octanol–water partition coefficient (Wildman–Crippen LogP) is 10.8. The van der Waals surface area contributed by atoms with Crippen LogP contribution in [0.3, 0.4) is 0 Å². The van der Waals surface area contributed by atoms with Gasteiger partial charge in [0.15, 0.2) is 0 Å². The Balaban J connectivity index is 0.000000153. The second-order valence-electron chi connectivity index (χ2n) is 16.3. The lowest BCUT2D eigenvalue weighted by atomic mass is 9.99. The Kier molecular flexibility index (Phi) is 14.1. The van der Waals surface area contributed by atoms with Gasteiger partial charge in [0.05, 0.1) is 40.7 Å². The van der Waals surface area contributed by atoms with Gasteiger partial charge < -0.3 is 20.3 Å². The third-order valence-electron chi connectivity index (χ3n) is 12.0. The van der Waals surface area contributed by atoms with Crippen LogP contribution in [0.5, 0.6) is 5.75 Å². The molecule has 2 atom stereocenters. The molecule has 0 amide bonds. The zero-order chi connectivity index (χ0) is 46.3. The van der Waals surface area contributed by atoms with Crippen molar-refractivity contribution in [3.63, 3.8) is 0 Å². The molecule has 2 saturated heterocycles. The minimum absolute atomic E-state index is 0.143. The summed E-state index contributed by atoms with van der Waals surface area (Å²) in [5, 5.41) is 4.00. The second-order valence-corrected chi connectivity index (χ2v) is 20.6. The number of hydrogen-bond donors (Lipinski definition) is 2. The van der Waals surface area contributed by atoms with E-state index >= 15 is 0 Å². The number of aryl methyl sites for hydroxylation is 1. The smallest absolute Gasteiger partial charge is 0.261 e. The van der Waals surface area contributed by atoms with Crippen LogP contribution in [0.25, 0.3) is 21.5 Å². The monoisotopic (exact) mass is 938 g/mol. The van der Waals surface area contributed by atoms with Crippen molar-refractivity contribution in [3.8, 4) is 5.75 Å². The summed E-state index contributed by atoms with van der Waals surface area (Å²) < 4.78 is 55.3. The van der Waals surface area contributed by atoms with Gasteiger partial charge in [-0.15, -0.1) is 0 Å². The molecule has 0 saturated carbocycles. The number of ether oxygens (including phenoxy) is 1. The van der Waals surface area contributed by atoms with Crippen molar-refractivity contribution < 1.29 is 21.6 Å². The highest BCUT2D eigenvalue weighted by atomic mass is 35.7. The number of fused-ring (bicyclic) bond motifs is 2. The molecule has 2 fully saturated rings. The fraction of sp³-hybridized carbons (Fsp3) is 0.192. The van der Waals surface area contributed by atoms with Crippen LogP contribution in [0.2, 0.25) is 0 Å². The summed E-state index contributed by atoms with van der Waals surface area (Å²) in [6, 6.07) is 50.1. The van der Waals surface area contributed by atoms with Crippen LogP contribution in [0.4, 0.5) is 23.0 Å². The number of methoxy groups -OCH3 is 1. The van der Waals surface area contributed by atoms with Crippen molar-refractivity contribution in [3.05, 3.63) is 187 Å². The Morgan fingerprint density at radius 3 is 1.56 bits per heavy atom. The van der Waals surface area contributed by atoms with Crippen molar-refractivity contribution in [2.45, 2.75) is 41.4 Å². The zero-order valence-electron chi connectivity index (χ0n) is 36.7. The number of anilines is 4. The molecule has 0 spiro atoms. The van der Waals surface area contributed by atoms with Crippen LogP contribution in [-0.2, 0) is 19.1 Å². The quantitative estimate of drug-likeness (QED) is 0.134. The van der Waals surface area contributed by atoms with Gasteiger partial charge in [-0.25, -0.2) is 26.8 Å². The number of halogens is 1. The van der Waals surface area contributed by atoms with Gasteiger partial charge in [0.1, 0.15) is 17.4 Å². The zero-order valence-corrected chi connectivity index (χ0v) is 39.1. The molecule has 8 aromatic rings. The second kappa shape index (κ2) is 20.2. The van der Waals surface area contributed by atoms with Gasteiger partial charge in [-0.05, 0) is 67.3 Å². The van der Waals surface area contributed by atoms with Crippen molar-refractivity contribution in [1.29, 1.82) is 0 Å². The number of nitrogens with zero attached hydrogens (tertiary/aromatic N) is 4. The summed E-state index contributed by atoms with van der Waals surface area (Å²) >= 11 is 0.